The molecule has 0 bridgehead atoms. The predicted octanol–water partition coefficient (Wildman–Crippen LogP) is 2.93. The van der Waals surface area contributed by atoms with Gasteiger partial charge in [0.25, 0.3) is 0 Å². The topological polar surface area (TPSA) is 50.2 Å². The van der Waals surface area contributed by atoms with Crippen molar-refractivity contribution in [3.8, 4) is 0 Å². The van der Waals surface area contributed by atoms with Gasteiger partial charge < -0.3 is 5.11 Å². The zero-order valence-electron chi connectivity index (χ0n) is 7.03. The summed E-state index contributed by atoms with van der Waals surface area (Å²) < 4.78 is 1.68. The highest BCUT2D eigenvalue weighted by Gasteiger charge is 2.13. The van der Waals surface area contributed by atoms with Gasteiger partial charge in [-0.15, -0.1) is 11.3 Å². The lowest BCUT2D eigenvalue weighted by molar-refractivity contribution is 0.0696. The van der Waals surface area contributed by atoms with Crippen LogP contribution in [0.5, 0.6) is 0 Å². The summed E-state index contributed by atoms with van der Waals surface area (Å²) in [5.74, 6) is -0.903. The standard InChI is InChI=1S/C9H6INO2S/c10-3-5-6(9(12)13)4-11-7-1-2-14-8(5)7/h1-2,4H,3H2,(H,12,13). The molecule has 0 spiro atoms. The van der Waals surface area contributed by atoms with E-state index in [1.807, 2.05) is 11.4 Å². The van der Waals surface area contributed by atoms with Crippen LogP contribution in [0.3, 0.4) is 0 Å². The zero-order valence-corrected chi connectivity index (χ0v) is 10.0. The quantitative estimate of drug-likeness (QED) is 0.684. The van der Waals surface area contributed by atoms with Crippen LogP contribution in [0.25, 0.3) is 10.2 Å². The van der Waals surface area contributed by atoms with Gasteiger partial charge in [0.15, 0.2) is 0 Å². The number of carbonyl (C=O) groups is 1. The van der Waals surface area contributed by atoms with E-state index in [1.54, 1.807) is 0 Å². The fourth-order valence-electron chi connectivity index (χ4n) is 1.28. The summed E-state index contributed by atoms with van der Waals surface area (Å²) in [6.07, 6.45) is 1.44. The molecule has 2 aromatic heterocycles. The maximum atomic E-state index is 10.9. The van der Waals surface area contributed by atoms with E-state index in [-0.39, 0.29) is 0 Å². The molecule has 0 unspecified atom stereocenters. The third-order valence-corrected chi connectivity index (χ3v) is 3.67. The first-order chi connectivity index (χ1) is 6.74. The van der Waals surface area contributed by atoms with Crippen LogP contribution in [0.1, 0.15) is 15.9 Å². The number of aromatic nitrogens is 1. The number of aromatic carboxylic acids is 1. The van der Waals surface area contributed by atoms with Crippen molar-refractivity contribution >= 4 is 50.1 Å². The second-order valence-electron chi connectivity index (χ2n) is 2.72. The summed E-state index contributed by atoms with van der Waals surface area (Å²) in [6.45, 7) is 0. The van der Waals surface area contributed by atoms with Crippen molar-refractivity contribution in [1.82, 2.24) is 4.98 Å². The van der Waals surface area contributed by atoms with E-state index in [0.717, 1.165) is 15.8 Å². The molecule has 72 valence electrons. The highest BCUT2D eigenvalue weighted by Crippen LogP contribution is 2.27. The van der Waals surface area contributed by atoms with Gasteiger partial charge in [0.2, 0.25) is 0 Å². The first kappa shape index (κ1) is 9.85. The van der Waals surface area contributed by atoms with Gasteiger partial charge in [-0.1, -0.05) is 22.6 Å². The van der Waals surface area contributed by atoms with Gasteiger partial charge in [-0.25, -0.2) is 4.79 Å². The average molecular weight is 319 g/mol. The fraction of sp³-hybridized carbons (Fsp3) is 0.111. The van der Waals surface area contributed by atoms with Crippen molar-refractivity contribution < 1.29 is 9.90 Å². The van der Waals surface area contributed by atoms with Gasteiger partial charge in [-0.05, 0) is 17.0 Å². The number of hydrogen-bond acceptors (Lipinski definition) is 3. The van der Waals surface area contributed by atoms with Crippen LogP contribution in [0, 0.1) is 0 Å². The highest BCUT2D eigenvalue weighted by molar-refractivity contribution is 14.1. The summed E-state index contributed by atoms with van der Waals surface area (Å²) in [4.78, 5) is 15.0. The number of carboxylic acid groups (broad SMARTS) is 1. The molecule has 2 rings (SSSR count). The van der Waals surface area contributed by atoms with Gasteiger partial charge >= 0.3 is 5.97 Å². The van der Waals surface area contributed by atoms with Gasteiger partial charge in [0.05, 0.1) is 15.8 Å². The van der Waals surface area contributed by atoms with E-state index in [0.29, 0.717) is 9.99 Å². The summed E-state index contributed by atoms with van der Waals surface area (Å²) >= 11 is 3.71. The number of fused-ring (bicyclic) bond motifs is 1. The largest absolute Gasteiger partial charge is 0.478 e. The van der Waals surface area contributed by atoms with E-state index in [9.17, 15) is 4.79 Å². The molecular formula is C9H6INO2S. The monoisotopic (exact) mass is 319 g/mol. The van der Waals surface area contributed by atoms with Gasteiger partial charge in [-0.3, -0.25) is 4.98 Å². The lowest BCUT2D eigenvalue weighted by Gasteiger charge is -2.02. The van der Waals surface area contributed by atoms with Gasteiger partial charge in [0.1, 0.15) is 0 Å². The van der Waals surface area contributed by atoms with E-state index in [1.165, 1.54) is 17.5 Å². The minimum absolute atomic E-state index is 0.314. The Morgan fingerprint density at radius 1 is 1.64 bits per heavy atom. The number of nitrogens with zero attached hydrogens (tertiary/aromatic N) is 1. The lowest BCUT2D eigenvalue weighted by atomic mass is 10.1. The molecule has 3 nitrogen and oxygen atoms in total. The molecule has 5 heteroatoms. The first-order valence-corrected chi connectivity index (χ1v) is 6.29. The molecule has 0 aliphatic heterocycles. The molecule has 0 amide bonds. The Morgan fingerprint density at radius 3 is 3.07 bits per heavy atom. The molecule has 2 aromatic rings. The SMILES string of the molecule is O=C(O)c1cnc2ccsc2c1CI. The number of halogens is 1. The molecule has 14 heavy (non-hydrogen) atoms. The lowest BCUT2D eigenvalue weighted by Crippen LogP contribution is -2.01. The molecule has 0 aromatic carbocycles. The van der Waals surface area contributed by atoms with Crippen LogP contribution >= 0.6 is 33.9 Å². The third kappa shape index (κ3) is 1.50. The van der Waals surface area contributed by atoms with Crippen molar-refractivity contribution in [2.45, 2.75) is 4.43 Å². The second-order valence-corrected chi connectivity index (χ2v) is 4.40. The van der Waals surface area contributed by atoms with Crippen LogP contribution in [-0.2, 0) is 4.43 Å². The van der Waals surface area contributed by atoms with Crippen LogP contribution in [0.4, 0.5) is 0 Å². The Kier molecular flexibility index (Phi) is 2.69. The molecule has 2 heterocycles. The van der Waals surface area contributed by atoms with E-state index < -0.39 is 5.97 Å². The van der Waals surface area contributed by atoms with Crippen molar-refractivity contribution in [3.05, 3.63) is 28.8 Å². The molecular weight excluding hydrogens is 313 g/mol. The fourth-order valence-corrected chi connectivity index (χ4v) is 3.23. The minimum Gasteiger partial charge on any atom is -0.478 e. The van der Waals surface area contributed by atoms with Crippen LogP contribution in [0.2, 0.25) is 0 Å². The van der Waals surface area contributed by atoms with E-state index in [2.05, 4.69) is 27.6 Å². The molecule has 0 fully saturated rings. The van der Waals surface area contributed by atoms with Crippen molar-refractivity contribution in [2.75, 3.05) is 0 Å². The molecule has 0 saturated heterocycles. The summed E-state index contributed by atoms with van der Waals surface area (Å²) in [5.41, 5.74) is 2.07. The zero-order chi connectivity index (χ0) is 10.1. The minimum atomic E-state index is -0.903. The van der Waals surface area contributed by atoms with Gasteiger partial charge in [0, 0.05) is 10.6 Å². The van der Waals surface area contributed by atoms with E-state index in [4.69, 9.17) is 5.11 Å². The summed E-state index contributed by atoms with van der Waals surface area (Å²) in [5, 5.41) is 10.9. The number of pyridine rings is 1. The van der Waals surface area contributed by atoms with E-state index >= 15 is 0 Å². The summed E-state index contributed by atoms with van der Waals surface area (Å²) in [7, 11) is 0. The number of thiophene rings is 1. The predicted molar refractivity (Wildman–Crippen MR) is 64.3 cm³/mol. The molecule has 1 N–H and O–H groups in total. The first-order valence-electron chi connectivity index (χ1n) is 3.88. The molecule has 0 aliphatic rings. The number of carboxylic acids is 1. The Morgan fingerprint density at radius 2 is 2.43 bits per heavy atom. The smallest absolute Gasteiger partial charge is 0.337 e. The summed E-state index contributed by atoms with van der Waals surface area (Å²) in [6, 6.07) is 1.90. The maximum Gasteiger partial charge on any atom is 0.337 e. The van der Waals surface area contributed by atoms with Crippen LogP contribution in [-0.4, -0.2) is 16.1 Å². The Balaban J connectivity index is 2.78. The van der Waals surface area contributed by atoms with Crippen molar-refractivity contribution in [2.24, 2.45) is 0 Å². The van der Waals surface area contributed by atoms with Crippen molar-refractivity contribution in [1.29, 1.82) is 0 Å². The second kappa shape index (κ2) is 3.82. The Hall–Kier alpha value is -0.690. The van der Waals surface area contributed by atoms with Gasteiger partial charge in [-0.2, -0.15) is 0 Å². The van der Waals surface area contributed by atoms with Crippen LogP contribution < -0.4 is 0 Å². The average Bonchev–Trinajstić information content (AvgIpc) is 2.63. The maximum absolute atomic E-state index is 10.9. The molecule has 0 aliphatic carbocycles. The highest BCUT2D eigenvalue weighted by atomic mass is 127. The normalized spacial score (nSPS) is 10.6. The Bertz CT molecular complexity index is 495. The molecule has 0 saturated carbocycles. The Labute approximate surface area is 97.9 Å². The number of alkyl halides is 1. The number of rotatable bonds is 2. The number of hydrogen-bond donors (Lipinski definition) is 1. The third-order valence-electron chi connectivity index (χ3n) is 1.94. The van der Waals surface area contributed by atoms with Crippen LogP contribution in [0.15, 0.2) is 17.6 Å². The van der Waals surface area contributed by atoms with Crippen molar-refractivity contribution in [3.63, 3.8) is 0 Å². The molecule has 0 atom stereocenters. The molecule has 0 radical (unpaired) electrons.